The highest BCUT2D eigenvalue weighted by atomic mass is 35.5. The third-order valence-electron chi connectivity index (χ3n) is 3.58. The molecule has 2 aromatic rings. The maximum absolute atomic E-state index is 12.0. The number of hydrogen-bond donors (Lipinski definition) is 2. The molecule has 0 aliphatic heterocycles. The van der Waals surface area contributed by atoms with E-state index in [1.807, 2.05) is 12.1 Å². The fourth-order valence-corrected chi connectivity index (χ4v) is 2.67. The van der Waals surface area contributed by atoms with Crippen molar-refractivity contribution in [3.8, 4) is 5.75 Å². The van der Waals surface area contributed by atoms with Crippen LogP contribution in [0.5, 0.6) is 5.75 Å². The lowest BCUT2D eigenvalue weighted by atomic mass is 10.1. The van der Waals surface area contributed by atoms with Crippen molar-refractivity contribution in [1.29, 1.82) is 0 Å². The van der Waals surface area contributed by atoms with Gasteiger partial charge in [0.1, 0.15) is 5.75 Å². The molecule has 0 atom stereocenters. The highest BCUT2D eigenvalue weighted by molar-refractivity contribution is 6.35. The number of rotatable bonds is 8. The van der Waals surface area contributed by atoms with Gasteiger partial charge in [-0.2, -0.15) is 0 Å². The van der Waals surface area contributed by atoms with Crippen molar-refractivity contribution in [2.45, 2.75) is 19.3 Å². The molecule has 0 bridgehead atoms. The van der Waals surface area contributed by atoms with E-state index in [2.05, 4.69) is 10.6 Å². The van der Waals surface area contributed by atoms with Crippen LogP contribution in [0, 0.1) is 0 Å². The van der Waals surface area contributed by atoms with E-state index in [-0.39, 0.29) is 11.8 Å². The van der Waals surface area contributed by atoms with E-state index in [4.69, 9.17) is 27.9 Å². The average molecular weight is 395 g/mol. The number of benzene rings is 2. The zero-order valence-corrected chi connectivity index (χ0v) is 15.9. The fourth-order valence-electron chi connectivity index (χ4n) is 2.21. The van der Waals surface area contributed by atoms with E-state index >= 15 is 0 Å². The van der Waals surface area contributed by atoms with E-state index in [9.17, 15) is 9.59 Å². The summed E-state index contributed by atoms with van der Waals surface area (Å²) in [5.41, 5.74) is 1.58. The second kappa shape index (κ2) is 10.0. The molecule has 0 radical (unpaired) electrons. The summed E-state index contributed by atoms with van der Waals surface area (Å²) < 4.78 is 5.55. The van der Waals surface area contributed by atoms with Gasteiger partial charge in [0.2, 0.25) is 11.8 Å². The van der Waals surface area contributed by atoms with E-state index in [0.29, 0.717) is 47.4 Å². The molecule has 2 aromatic carbocycles. The quantitative estimate of drug-likeness (QED) is 0.662. The Labute approximate surface area is 162 Å². The molecular weight excluding hydrogens is 375 g/mol. The van der Waals surface area contributed by atoms with Crippen LogP contribution in [0.4, 0.5) is 5.69 Å². The largest absolute Gasteiger partial charge is 0.492 e. The first-order valence-electron chi connectivity index (χ1n) is 8.15. The van der Waals surface area contributed by atoms with Gasteiger partial charge in [0.25, 0.3) is 0 Å². The zero-order valence-electron chi connectivity index (χ0n) is 14.4. The fraction of sp³-hybridized carbons (Fsp3) is 0.263. The lowest BCUT2D eigenvalue weighted by Crippen LogP contribution is -2.19. The summed E-state index contributed by atoms with van der Waals surface area (Å²) in [4.78, 5) is 23.3. The van der Waals surface area contributed by atoms with E-state index in [1.54, 1.807) is 37.4 Å². The zero-order chi connectivity index (χ0) is 18.9. The predicted molar refractivity (Wildman–Crippen MR) is 104 cm³/mol. The van der Waals surface area contributed by atoms with Crippen LogP contribution in [0.3, 0.4) is 0 Å². The van der Waals surface area contributed by atoms with Crippen LogP contribution < -0.4 is 15.4 Å². The van der Waals surface area contributed by atoms with Gasteiger partial charge in [0.05, 0.1) is 18.1 Å². The van der Waals surface area contributed by atoms with E-state index in [1.165, 1.54) is 0 Å². The van der Waals surface area contributed by atoms with Crippen molar-refractivity contribution in [2.24, 2.45) is 0 Å². The van der Waals surface area contributed by atoms with Gasteiger partial charge < -0.3 is 15.4 Å². The summed E-state index contributed by atoms with van der Waals surface area (Å²) in [6, 6.07) is 12.2. The van der Waals surface area contributed by atoms with E-state index in [0.717, 1.165) is 5.56 Å². The number of anilines is 1. The van der Waals surface area contributed by atoms with Crippen molar-refractivity contribution in [3.05, 3.63) is 58.1 Å². The molecular formula is C19H20Cl2N2O3. The Morgan fingerprint density at radius 1 is 1.04 bits per heavy atom. The summed E-state index contributed by atoms with van der Waals surface area (Å²) in [5, 5.41) is 6.37. The van der Waals surface area contributed by atoms with Crippen LogP contribution in [0.15, 0.2) is 42.5 Å². The number of amides is 2. The molecule has 0 heterocycles. The first-order valence-corrected chi connectivity index (χ1v) is 8.91. The second-order valence-electron chi connectivity index (χ2n) is 5.62. The van der Waals surface area contributed by atoms with Crippen molar-refractivity contribution in [2.75, 3.05) is 19.0 Å². The lowest BCUT2D eigenvalue weighted by molar-refractivity contribution is -0.120. The van der Waals surface area contributed by atoms with Gasteiger partial charge in [-0.15, -0.1) is 0 Å². The average Bonchev–Trinajstić information content (AvgIpc) is 2.61. The Bertz CT molecular complexity index is 764. The molecule has 2 N–H and O–H groups in total. The second-order valence-corrected chi connectivity index (χ2v) is 6.47. The molecule has 7 heteroatoms. The first kappa shape index (κ1) is 20.1. The maximum atomic E-state index is 12.0. The number of hydrogen-bond acceptors (Lipinski definition) is 3. The maximum Gasteiger partial charge on any atom is 0.224 e. The SMILES string of the molecule is CNC(=O)Cc1ccc(NC(=O)CCCOc2ccc(Cl)cc2Cl)cc1. The highest BCUT2D eigenvalue weighted by Gasteiger charge is 2.06. The Morgan fingerprint density at radius 3 is 2.42 bits per heavy atom. The van der Waals surface area contributed by atoms with Crippen LogP contribution in [0.25, 0.3) is 0 Å². The third-order valence-corrected chi connectivity index (χ3v) is 4.11. The summed E-state index contributed by atoms with van der Waals surface area (Å²) >= 11 is 11.8. The number of carbonyl (C=O) groups excluding carboxylic acids is 2. The van der Waals surface area contributed by atoms with Gasteiger partial charge >= 0.3 is 0 Å². The summed E-state index contributed by atoms with van der Waals surface area (Å²) in [7, 11) is 1.60. The monoisotopic (exact) mass is 394 g/mol. The number of ether oxygens (including phenoxy) is 1. The van der Waals surface area contributed by atoms with Crippen molar-refractivity contribution < 1.29 is 14.3 Å². The number of carbonyl (C=O) groups is 2. The molecule has 0 saturated carbocycles. The molecule has 0 saturated heterocycles. The molecule has 5 nitrogen and oxygen atoms in total. The van der Waals surface area contributed by atoms with Gasteiger partial charge in [-0.05, 0) is 42.3 Å². The van der Waals surface area contributed by atoms with Crippen LogP contribution in [0.1, 0.15) is 18.4 Å². The molecule has 0 unspecified atom stereocenters. The Kier molecular flexibility index (Phi) is 7.75. The molecule has 138 valence electrons. The van der Waals surface area contributed by atoms with Crippen molar-refractivity contribution >= 4 is 40.7 Å². The minimum atomic E-state index is -0.102. The lowest BCUT2D eigenvalue weighted by Gasteiger charge is -2.09. The van der Waals surface area contributed by atoms with Crippen molar-refractivity contribution in [1.82, 2.24) is 5.32 Å². The Hall–Kier alpha value is -2.24. The van der Waals surface area contributed by atoms with Gasteiger partial charge in [-0.1, -0.05) is 35.3 Å². The minimum absolute atomic E-state index is 0.0532. The van der Waals surface area contributed by atoms with Gasteiger partial charge in [-0.3, -0.25) is 9.59 Å². The molecule has 0 aliphatic rings. The molecule has 0 fully saturated rings. The molecule has 0 spiro atoms. The van der Waals surface area contributed by atoms with Crippen LogP contribution in [-0.4, -0.2) is 25.5 Å². The molecule has 26 heavy (non-hydrogen) atoms. The molecule has 2 rings (SSSR count). The minimum Gasteiger partial charge on any atom is -0.492 e. The summed E-state index contributed by atoms with van der Waals surface area (Å²) in [6.45, 7) is 0.375. The predicted octanol–water partition coefficient (Wildman–Crippen LogP) is 4.08. The smallest absolute Gasteiger partial charge is 0.224 e. The standard InChI is InChI=1S/C19H20Cl2N2O3/c1-22-19(25)11-13-4-7-15(8-5-13)23-18(24)3-2-10-26-17-9-6-14(20)12-16(17)21/h4-9,12H,2-3,10-11H2,1H3,(H,22,25)(H,23,24). The first-order chi connectivity index (χ1) is 12.5. The Balaban J connectivity index is 1.72. The summed E-state index contributed by atoms with van der Waals surface area (Å²) in [5.74, 6) is 0.389. The topological polar surface area (TPSA) is 67.4 Å². The third kappa shape index (κ3) is 6.58. The van der Waals surface area contributed by atoms with Gasteiger partial charge in [0, 0.05) is 24.2 Å². The van der Waals surface area contributed by atoms with Crippen LogP contribution in [-0.2, 0) is 16.0 Å². The summed E-state index contributed by atoms with van der Waals surface area (Å²) in [6.07, 6.45) is 1.19. The Morgan fingerprint density at radius 2 is 1.77 bits per heavy atom. The normalized spacial score (nSPS) is 10.3. The number of nitrogens with one attached hydrogen (secondary N) is 2. The number of likely N-dealkylation sites (N-methyl/N-ethyl adjacent to an activating group) is 1. The van der Waals surface area contributed by atoms with Crippen molar-refractivity contribution in [3.63, 3.8) is 0 Å². The van der Waals surface area contributed by atoms with E-state index < -0.39 is 0 Å². The number of halogens is 2. The molecule has 0 aromatic heterocycles. The van der Waals surface area contributed by atoms with Crippen LogP contribution >= 0.6 is 23.2 Å². The van der Waals surface area contributed by atoms with Gasteiger partial charge in [0.15, 0.2) is 0 Å². The molecule has 2 amide bonds. The molecule has 0 aliphatic carbocycles. The van der Waals surface area contributed by atoms with Gasteiger partial charge in [-0.25, -0.2) is 0 Å². The van der Waals surface area contributed by atoms with Crippen LogP contribution in [0.2, 0.25) is 10.0 Å². The highest BCUT2D eigenvalue weighted by Crippen LogP contribution is 2.27.